The monoisotopic (exact) mass is 287 g/mol. The van der Waals surface area contributed by atoms with E-state index in [0.29, 0.717) is 11.3 Å². The molecule has 3 heteroatoms. The minimum atomic E-state index is -0.0699. The second-order valence-corrected chi connectivity index (χ2v) is 5.25. The molecule has 2 aromatic heterocycles. The Labute approximate surface area is 127 Å². The first-order chi connectivity index (χ1) is 10.7. The predicted octanol–water partition coefficient (Wildman–Crippen LogP) is 4.85. The molecule has 2 aromatic carbocycles. The van der Waals surface area contributed by atoms with Crippen molar-refractivity contribution < 1.29 is 9.21 Å². The number of hydrogen-bond acceptors (Lipinski definition) is 3. The molecule has 0 N–H and O–H groups in total. The molecule has 0 spiro atoms. The van der Waals surface area contributed by atoms with Gasteiger partial charge in [-0.05, 0) is 6.07 Å². The van der Waals surface area contributed by atoms with Gasteiger partial charge in [0.2, 0.25) is 0 Å². The lowest BCUT2D eigenvalue weighted by molar-refractivity contribution is 0.101. The Kier molecular flexibility index (Phi) is 2.79. The minimum absolute atomic E-state index is 0.0699. The van der Waals surface area contributed by atoms with Crippen LogP contribution in [0.3, 0.4) is 0 Å². The van der Waals surface area contributed by atoms with Crippen LogP contribution in [0.4, 0.5) is 0 Å². The molecule has 2 heterocycles. The molecule has 0 amide bonds. The van der Waals surface area contributed by atoms with Crippen LogP contribution in [-0.4, -0.2) is 10.8 Å². The maximum Gasteiger partial charge on any atom is 0.178 e. The van der Waals surface area contributed by atoms with E-state index in [1.807, 2.05) is 54.6 Å². The zero-order valence-corrected chi connectivity index (χ0v) is 12.0. The van der Waals surface area contributed by atoms with Gasteiger partial charge >= 0.3 is 0 Å². The number of hydrogen-bond donors (Lipinski definition) is 0. The van der Waals surface area contributed by atoms with Crippen molar-refractivity contribution in [2.24, 2.45) is 0 Å². The number of aromatic nitrogens is 1. The van der Waals surface area contributed by atoms with Crippen molar-refractivity contribution in [3.63, 3.8) is 0 Å². The first-order valence-electron chi connectivity index (χ1n) is 7.12. The van der Waals surface area contributed by atoms with E-state index in [9.17, 15) is 4.79 Å². The van der Waals surface area contributed by atoms with Gasteiger partial charge in [0.15, 0.2) is 5.78 Å². The van der Waals surface area contributed by atoms with E-state index in [2.05, 4.69) is 4.98 Å². The van der Waals surface area contributed by atoms with Crippen LogP contribution in [0.15, 0.2) is 65.1 Å². The largest absolute Gasteiger partial charge is 0.456 e. The molecule has 4 aromatic rings. The Bertz CT molecular complexity index is 1000. The van der Waals surface area contributed by atoms with Gasteiger partial charge < -0.3 is 4.42 Å². The molecule has 3 nitrogen and oxygen atoms in total. The first kappa shape index (κ1) is 12.8. The number of ketones is 1. The van der Waals surface area contributed by atoms with Crippen LogP contribution in [-0.2, 0) is 0 Å². The highest BCUT2D eigenvalue weighted by molar-refractivity contribution is 6.12. The summed E-state index contributed by atoms with van der Waals surface area (Å²) in [6.07, 6.45) is 0. The summed E-state index contributed by atoms with van der Waals surface area (Å²) in [7, 11) is 0. The lowest BCUT2D eigenvalue weighted by Crippen LogP contribution is -1.98. The average Bonchev–Trinajstić information content (AvgIpc) is 2.93. The summed E-state index contributed by atoms with van der Waals surface area (Å²) in [6, 6.07) is 19.5. The Morgan fingerprint density at radius 3 is 2.45 bits per heavy atom. The van der Waals surface area contributed by atoms with Gasteiger partial charge in [-0.25, -0.2) is 4.98 Å². The Morgan fingerprint density at radius 2 is 1.68 bits per heavy atom. The van der Waals surface area contributed by atoms with Gasteiger partial charge in [0, 0.05) is 23.9 Å². The molecule has 106 valence electrons. The topological polar surface area (TPSA) is 43.1 Å². The maximum atomic E-state index is 11.8. The summed E-state index contributed by atoms with van der Waals surface area (Å²) in [4.78, 5) is 16.4. The van der Waals surface area contributed by atoms with E-state index < -0.39 is 0 Å². The van der Waals surface area contributed by atoms with Crippen LogP contribution in [0.2, 0.25) is 0 Å². The molecule has 0 saturated heterocycles. The van der Waals surface area contributed by atoms with Gasteiger partial charge in [-0.2, -0.15) is 0 Å². The van der Waals surface area contributed by atoms with Crippen LogP contribution in [0.25, 0.3) is 33.2 Å². The SMILES string of the molecule is CC(=O)c1cc2oc3ccccc3c2c(-c2ccccc2)n1. The molecular weight excluding hydrogens is 274 g/mol. The molecule has 0 aliphatic rings. The average molecular weight is 287 g/mol. The number of fused-ring (bicyclic) bond motifs is 3. The van der Waals surface area contributed by atoms with Crippen molar-refractivity contribution >= 4 is 27.7 Å². The second-order valence-electron chi connectivity index (χ2n) is 5.25. The standard InChI is InChI=1S/C19H13NO2/c1-12(21)15-11-17-18(14-9-5-6-10-16(14)22-17)19(20-15)13-7-3-2-4-8-13/h2-11H,1H3. The molecule has 0 aliphatic carbocycles. The fraction of sp³-hybridized carbons (Fsp3) is 0.0526. The molecule has 22 heavy (non-hydrogen) atoms. The lowest BCUT2D eigenvalue weighted by Gasteiger charge is -2.05. The molecule has 0 fully saturated rings. The van der Waals surface area contributed by atoms with Gasteiger partial charge in [0.1, 0.15) is 16.9 Å². The Morgan fingerprint density at radius 1 is 0.955 bits per heavy atom. The quantitative estimate of drug-likeness (QED) is 0.495. The first-order valence-corrected chi connectivity index (χ1v) is 7.12. The number of furan rings is 1. The zero-order valence-electron chi connectivity index (χ0n) is 12.0. The fourth-order valence-corrected chi connectivity index (χ4v) is 2.73. The van der Waals surface area contributed by atoms with Crippen molar-refractivity contribution in [3.8, 4) is 11.3 Å². The van der Waals surface area contributed by atoms with E-state index in [1.165, 1.54) is 6.92 Å². The molecule has 4 rings (SSSR count). The van der Waals surface area contributed by atoms with Gasteiger partial charge in [0.05, 0.1) is 11.1 Å². The number of para-hydroxylation sites is 1. The normalized spacial score (nSPS) is 11.1. The third-order valence-corrected chi connectivity index (χ3v) is 3.77. The summed E-state index contributed by atoms with van der Waals surface area (Å²) in [5, 5.41) is 1.96. The zero-order chi connectivity index (χ0) is 15.1. The highest BCUT2D eigenvalue weighted by atomic mass is 16.3. The number of Topliss-reactive ketones (excluding diaryl/α,β-unsaturated/α-hetero) is 1. The molecule has 0 aliphatic heterocycles. The third-order valence-electron chi connectivity index (χ3n) is 3.77. The number of benzene rings is 2. The highest BCUT2D eigenvalue weighted by Gasteiger charge is 2.16. The predicted molar refractivity (Wildman–Crippen MR) is 87.0 cm³/mol. The van der Waals surface area contributed by atoms with Crippen LogP contribution in [0.1, 0.15) is 17.4 Å². The van der Waals surface area contributed by atoms with E-state index in [1.54, 1.807) is 6.07 Å². The van der Waals surface area contributed by atoms with E-state index in [0.717, 1.165) is 27.6 Å². The molecule has 0 atom stereocenters. The van der Waals surface area contributed by atoms with Crippen molar-refractivity contribution in [2.75, 3.05) is 0 Å². The fourth-order valence-electron chi connectivity index (χ4n) is 2.73. The summed E-state index contributed by atoms with van der Waals surface area (Å²) >= 11 is 0. The molecule has 0 saturated carbocycles. The lowest BCUT2D eigenvalue weighted by atomic mass is 10.0. The number of nitrogens with zero attached hydrogens (tertiary/aromatic N) is 1. The molecule has 0 radical (unpaired) electrons. The van der Waals surface area contributed by atoms with Gasteiger partial charge in [0.25, 0.3) is 0 Å². The van der Waals surface area contributed by atoms with Crippen LogP contribution < -0.4 is 0 Å². The number of rotatable bonds is 2. The van der Waals surface area contributed by atoms with E-state index in [4.69, 9.17) is 4.42 Å². The van der Waals surface area contributed by atoms with Gasteiger partial charge in [-0.1, -0.05) is 48.5 Å². The summed E-state index contributed by atoms with van der Waals surface area (Å²) in [5.41, 5.74) is 3.68. The van der Waals surface area contributed by atoms with E-state index >= 15 is 0 Å². The Balaban J connectivity index is 2.18. The Hall–Kier alpha value is -2.94. The smallest absolute Gasteiger partial charge is 0.178 e. The van der Waals surface area contributed by atoms with Gasteiger partial charge in [-0.15, -0.1) is 0 Å². The number of carbonyl (C=O) groups is 1. The summed E-state index contributed by atoms with van der Waals surface area (Å²) in [6.45, 7) is 1.52. The molecule has 0 unspecified atom stereocenters. The molecule has 0 bridgehead atoms. The highest BCUT2D eigenvalue weighted by Crippen LogP contribution is 2.35. The van der Waals surface area contributed by atoms with Crippen molar-refractivity contribution in [3.05, 3.63) is 66.4 Å². The molecular formula is C19H13NO2. The van der Waals surface area contributed by atoms with Gasteiger partial charge in [-0.3, -0.25) is 4.79 Å². The summed E-state index contributed by atoms with van der Waals surface area (Å²) < 4.78 is 5.91. The second kappa shape index (κ2) is 4.81. The van der Waals surface area contributed by atoms with Crippen molar-refractivity contribution in [1.82, 2.24) is 4.98 Å². The minimum Gasteiger partial charge on any atom is -0.456 e. The maximum absolute atomic E-state index is 11.8. The van der Waals surface area contributed by atoms with Crippen molar-refractivity contribution in [2.45, 2.75) is 6.92 Å². The number of carbonyl (C=O) groups excluding carboxylic acids is 1. The number of pyridine rings is 1. The van der Waals surface area contributed by atoms with Crippen LogP contribution in [0, 0.1) is 0 Å². The van der Waals surface area contributed by atoms with E-state index in [-0.39, 0.29) is 5.78 Å². The van der Waals surface area contributed by atoms with Crippen molar-refractivity contribution in [1.29, 1.82) is 0 Å². The summed E-state index contributed by atoms with van der Waals surface area (Å²) in [5.74, 6) is -0.0699. The van der Waals surface area contributed by atoms with Crippen LogP contribution >= 0.6 is 0 Å². The third kappa shape index (κ3) is 1.91. The van der Waals surface area contributed by atoms with Crippen LogP contribution in [0.5, 0.6) is 0 Å².